The lowest BCUT2D eigenvalue weighted by Crippen LogP contribution is -2.31. The quantitative estimate of drug-likeness (QED) is 0.744. The molecule has 5 nitrogen and oxygen atoms in total. The van der Waals surface area contributed by atoms with Gasteiger partial charge in [0.05, 0.1) is 0 Å². The molecule has 1 saturated carbocycles. The topological polar surface area (TPSA) is 80.9 Å². The molecule has 3 N–H and O–H groups in total. The Bertz CT molecular complexity index is 474. The lowest BCUT2D eigenvalue weighted by atomic mass is 10.2. The molecule has 0 aromatic carbocycles. The maximum absolute atomic E-state index is 11.4. The van der Waals surface area contributed by atoms with E-state index in [1.807, 2.05) is 0 Å². The molecule has 2 atom stereocenters. The Hall–Kier alpha value is -1.52. The summed E-state index contributed by atoms with van der Waals surface area (Å²) in [4.78, 5) is 24.6. The highest BCUT2D eigenvalue weighted by atomic mass is 16.2. The SMILES string of the molecule is CCC1CC1Cn1cc(N)c(=O)[nH]c1=O. The zero-order valence-corrected chi connectivity index (χ0v) is 8.69. The minimum absolute atomic E-state index is 0.100. The zero-order chi connectivity index (χ0) is 11.0. The lowest BCUT2D eigenvalue weighted by molar-refractivity contribution is 0.547. The third kappa shape index (κ3) is 1.95. The molecular formula is C10H15N3O2. The molecule has 0 aliphatic heterocycles. The summed E-state index contributed by atoms with van der Waals surface area (Å²) in [5.74, 6) is 1.29. The predicted molar refractivity (Wildman–Crippen MR) is 57.6 cm³/mol. The van der Waals surface area contributed by atoms with E-state index in [1.165, 1.54) is 17.2 Å². The first-order chi connectivity index (χ1) is 7.11. The Labute approximate surface area is 86.9 Å². The molecule has 5 heteroatoms. The van der Waals surface area contributed by atoms with Gasteiger partial charge >= 0.3 is 5.69 Å². The molecule has 0 spiro atoms. The van der Waals surface area contributed by atoms with Crippen molar-refractivity contribution in [1.29, 1.82) is 0 Å². The fraction of sp³-hybridized carbons (Fsp3) is 0.600. The molecule has 1 fully saturated rings. The molecule has 1 aliphatic rings. The predicted octanol–water partition coefficient (Wildman–Crippen LogP) is 0.165. The van der Waals surface area contributed by atoms with Crippen LogP contribution in [0.5, 0.6) is 0 Å². The average Bonchev–Trinajstić information content (AvgIpc) is 2.93. The van der Waals surface area contributed by atoms with Gasteiger partial charge in [-0.3, -0.25) is 14.3 Å². The molecule has 0 amide bonds. The standard InChI is InChI=1S/C10H15N3O2/c1-2-6-3-7(6)4-13-5-8(11)9(14)12-10(13)15/h5-7H,2-4,11H2,1H3,(H,12,14,15). The molecule has 82 valence electrons. The van der Waals surface area contributed by atoms with Gasteiger partial charge in [0.2, 0.25) is 0 Å². The van der Waals surface area contributed by atoms with Crippen LogP contribution in [0.1, 0.15) is 19.8 Å². The Morgan fingerprint density at radius 1 is 1.53 bits per heavy atom. The van der Waals surface area contributed by atoms with Crippen molar-refractivity contribution in [2.45, 2.75) is 26.3 Å². The third-order valence-electron chi connectivity index (χ3n) is 3.06. The summed E-state index contributed by atoms with van der Waals surface area (Å²) in [6.07, 6.45) is 3.76. The van der Waals surface area contributed by atoms with Gasteiger partial charge in [-0.15, -0.1) is 0 Å². The second-order valence-corrected chi connectivity index (χ2v) is 4.16. The van der Waals surface area contributed by atoms with E-state index in [9.17, 15) is 9.59 Å². The summed E-state index contributed by atoms with van der Waals surface area (Å²) < 4.78 is 1.50. The molecule has 2 rings (SSSR count). The van der Waals surface area contributed by atoms with Crippen LogP contribution < -0.4 is 17.0 Å². The Morgan fingerprint density at radius 3 is 2.87 bits per heavy atom. The number of aromatic nitrogens is 2. The van der Waals surface area contributed by atoms with Gasteiger partial charge in [0.15, 0.2) is 0 Å². The van der Waals surface area contributed by atoms with Crippen LogP contribution in [0.4, 0.5) is 5.69 Å². The molecule has 0 radical (unpaired) electrons. The van der Waals surface area contributed by atoms with Gasteiger partial charge in [0.1, 0.15) is 5.69 Å². The minimum atomic E-state index is -0.501. The van der Waals surface area contributed by atoms with Crippen molar-refractivity contribution in [3.63, 3.8) is 0 Å². The fourth-order valence-electron chi connectivity index (χ4n) is 1.95. The third-order valence-corrected chi connectivity index (χ3v) is 3.06. The Morgan fingerprint density at radius 2 is 2.27 bits per heavy atom. The highest BCUT2D eigenvalue weighted by Gasteiger charge is 2.35. The summed E-state index contributed by atoms with van der Waals surface area (Å²) in [5, 5.41) is 0. The number of rotatable bonds is 3. The average molecular weight is 209 g/mol. The van der Waals surface area contributed by atoms with Crippen molar-refractivity contribution in [3.05, 3.63) is 27.0 Å². The highest BCUT2D eigenvalue weighted by molar-refractivity contribution is 5.30. The first-order valence-electron chi connectivity index (χ1n) is 5.21. The molecule has 0 saturated heterocycles. The largest absolute Gasteiger partial charge is 0.393 e. The normalized spacial score (nSPS) is 24.1. The van der Waals surface area contributed by atoms with E-state index in [0.29, 0.717) is 12.5 Å². The number of hydrogen-bond donors (Lipinski definition) is 2. The smallest absolute Gasteiger partial charge is 0.328 e. The molecule has 1 aliphatic carbocycles. The van der Waals surface area contributed by atoms with Crippen LogP contribution in [0.15, 0.2) is 15.8 Å². The van der Waals surface area contributed by atoms with Crippen LogP contribution in [0.25, 0.3) is 0 Å². The molecule has 2 unspecified atom stereocenters. The summed E-state index contributed by atoms with van der Waals surface area (Å²) in [6, 6.07) is 0. The van der Waals surface area contributed by atoms with Gasteiger partial charge in [0, 0.05) is 12.7 Å². The molecule has 0 bridgehead atoms. The van der Waals surface area contributed by atoms with Crippen LogP contribution in [-0.4, -0.2) is 9.55 Å². The lowest BCUT2D eigenvalue weighted by Gasteiger charge is -2.04. The number of anilines is 1. The number of nitrogen functional groups attached to an aromatic ring is 1. The van der Waals surface area contributed by atoms with E-state index in [0.717, 1.165) is 12.3 Å². The van der Waals surface area contributed by atoms with E-state index in [-0.39, 0.29) is 11.4 Å². The minimum Gasteiger partial charge on any atom is -0.393 e. The maximum Gasteiger partial charge on any atom is 0.328 e. The van der Waals surface area contributed by atoms with Crippen LogP contribution in [0.3, 0.4) is 0 Å². The van der Waals surface area contributed by atoms with Crippen molar-refractivity contribution in [2.24, 2.45) is 11.8 Å². The monoisotopic (exact) mass is 209 g/mol. The molecule has 1 heterocycles. The van der Waals surface area contributed by atoms with Crippen LogP contribution in [0, 0.1) is 11.8 Å². The van der Waals surface area contributed by atoms with Gasteiger partial charge in [-0.1, -0.05) is 13.3 Å². The number of aromatic amines is 1. The van der Waals surface area contributed by atoms with Crippen molar-refractivity contribution >= 4 is 5.69 Å². The zero-order valence-electron chi connectivity index (χ0n) is 8.69. The van der Waals surface area contributed by atoms with Crippen molar-refractivity contribution in [3.8, 4) is 0 Å². The van der Waals surface area contributed by atoms with Gasteiger partial charge in [0.25, 0.3) is 5.56 Å². The van der Waals surface area contributed by atoms with Crippen LogP contribution in [0.2, 0.25) is 0 Å². The second-order valence-electron chi connectivity index (χ2n) is 4.16. The summed E-state index contributed by atoms with van der Waals surface area (Å²) in [5.41, 5.74) is 4.68. The van der Waals surface area contributed by atoms with Crippen molar-refractivity contribution in [1.82, 2.24) is 9.55 Å². The Balaban J connectivity index is 2.19. The summed E-state index contributed by atoms with van der Waals surface area (Å²) >= 11 is 0. The van der Waals surface area contributed by atoms with Crippen molar-refractivity contribution < 1.29 is 0 Å². The molecular weight excluding hydrogens is 194 g/mol. The number of nitrogens with zero attached hydrogens (tertiary/aromatic N) is 1. The van der Waals surface area contributed by atoms with E-state index >= 15 is 0 Å². The second kappa shape index (κ2) is 3.56. The molecule has 1 aromatic heterocycles. The van der Waals surface area contributed by atoms with E-state index in [1.54, 1.807) is 0 Å². The highest BCUT2D eigenvalue weighted by Crippen LogP contribution is 2.41. The first kappa shape index (κ1) is 10.0. The summed E-state index contributed by atoms with van der Waals surface area (Å²) in [6.45, 7) is 2.81. The van der Waals surface area contributed by atoms with E-state index < -0.39 is 5.56 Å². The van der Waals surface area contributed by atoms with Gasteiger partial charge in [-0.2, -0.15) is 0 Å². The molecule has 15 heavy (non-hydrogen) atoms. The first-order valence-corrected chi connectivity index (χ1v) is 5.21. The number of nitrogens with two attached hydrogens (primary N) is 1. The van der Waals surface area contributed by atoms with Gasteiger partial charge in [-0.05, 0) is 18.3 Å². The van der Waals surface area contributed by atoms with E-state index in [2.05, 4.69) is 11.9 Å². The fourth-order valence-corrected chi connectivity index (χ4v) is 1.95. The molecule has 1 aromatic rings. The maximum atomic E-state index is 11.4. The number of H-pyrrole nitrogens is 1. The van der Waals surface area contributed by atoms with E-state index in [4.69, 9.17) is 5.73 Å². The van der Waals surface area contributed by atoms with Crippen LogP contribution >= 0.6 is 0 Å². The summed E-state index contributed by atoms with van der Waals surface area (Å²) in [7, 11) is 0. The van der Waals surface area contributed by atoms with Gasteiger partial charge in [-0.25, -0.2) is 4.79 Å². The van der Waals surface area contributed by atoms with Crippen molar-refractivity contribution in [2.75, 3.05) is 5.73 Å². The van der Waals surface area contributed by atoms with Crippen LogP contribution in [-0.2, 0) is 6.54 Å². The number of hydrogen-bond acceptors (Lipinski definition) is 3. The Kier molecular flexibility index (Phi) is 2.38. The van der Waals surface area contributed by atoms with Gasteiger partial charge < -0.3 is 5.73 Å². The number of nitrogens with one attached hydrogen (secondary N) is 1.